The molecule has 1 N–H and O–H groups in total. The van der Waals surface area contributed by atoms with E-state index in [0.717, 1.165) is 17.8 Å². The van der Waals surface area contributed by atoms with Gasteiger partial charge in [-0.1, -0.05) is 6.07 Å². The number of aromatic amines is 1. The van der Waals surface area contributed by atoms with E-state index in [1.54, 1.807) is 12.1 Å². The van der Waals surface area contributed by atoms with Gasteiger partial charge in [0.25, 0.3) is 5.91 Å². The number of imidazole rings is 1. The van der Waals surface area contributed by atoms with Crippen LogP contribution in [0.3, 0.4) is 0 Å². The third kappa shape index (κ3) is 4.78. The smallest absolute Gasteiger partial charge is 0.449 e. The largest absolute Gasteiger partial charge is 0.454 e. The van der Waals surface area contributed by atoms with E-state index in [1.165, 1.54) is 11.0 Å². The number of hydrogen-bond donors (Lipinski definition) is 1. The lowest BCUT2D eigenvalue weighted by Crippen LogP contribution is -2.36. The zero-order valence-corrected chi connectivity index (χ0v) is 16.5. The molecule has 0 aliphatic carbocycles. The van der Waals surface area contributed by atoms with E-state index >= 15 is 0 Å². The number of rotatable bonds is 3. The number of alkyl halides is 6. The van der Waals surface area contributed by atoms with E-state index in [0.29, 0.717) is 24.1 Å². The molecular weight excluding hydrogens is 459 g/mol. The molecule has 0 spiro atoms. The minimum Gasteiger partial charge on any atom is -0.454 e. The van der Waals surface area contributed by atoms with Gasteiger partial charge in [0.15, 0.2) is 11.6 Å². The number of carbonyl (C=O) groups is 1. The normalized spacial score (nSPS) is 14.2. The molecule has 0 unspecified atom stereocenters. The van der Waals surface area contributed by atoms with Crippen LogP contribution in [-0.4, -0.2) is 27.3 Å². The van der Waals surface area contributed by atoms with Crippen LogP contribution < -0.4 is 4.74 Å². The lowest BCUT2D eigenvalue weighted by molar-refractivity contribution is -0.144. The second-order valence-corrected chi connectivity index (χ2v) is 7.30. The van der Waals surface area contributed by atoms with Crippen LogP contribution in [0, 0.1) is 5.82 Å². The van der Waals surface area contributed by atoms with Crippen molar-refractivity contribution >= 4 is 5.91 Å². The van der Waals surface area contributed by atoms with E-state index < -0.39 is 35.5 Å². The summed E-state index contributed by atoms with van der Waals surface area (Å²) in [6, 6.07) is 6.57. The van der Waals surface area contributed by atoms with E-state index in [9.17, 15) is 35.5 Å². The molecule has 0 saturated heterocycles. The number of halogens is 7. The number of nitrogens with one attached hydrogen (secondary N) is 1. The predicted octanol–water partition coefficient (Wildman–Crippen LogP) is 5.58. The first kappa shape index (κ1) is 22.6. The maximum atomic E-state index is 14.0. The minimum absolute atomic E-state index is 0.115. The SMILES string of the molecule is O=C(c1cnc(C(F)(F)F)[nH]1)N1CCc2cc(Oc3ccc(C(F)(F)F)cc3F)ccc2C1. The zero-order valence-electron chi connectivity index (χ0n) is 16.5. The molecule has 0 fully saturated rings. The Bertz CT molecular complexity index is 1200. The van der Waals surface area contributed by atoms with Crippen molar-refractivity contribution in [3.8, 4) is 11.5 Å². The Morgan fingerprint density at radius 1 is 1.00 bits per heavy atom. The highest BCUT2D eigenvalue weighted by Crippen LogP contribution is 2.34. The Kier molecular flexibility index (Phi) is 5.54. The van der Waals surface area contributed by atoms with Crippen molar-refractivity contribution in [2.24, 2.45) is 0 Å². The van der Waals surface area contributed by atoms with Crippen LogP contribution in [0.4, 0.5) is 30.7 Å². The van der Waals surface area contributed by atoms with Crippen LogP contribution in [0.25, 0.3) is 0 Å². The van der Waals surface area contributed by atoms with Crippen molar-refractivity contribution in [1.82, 2.24) is 14.9 Å². The van der Waals surface area contributed by atoms with Gasteiger partial charge in [-0.3, -0.25) is 4.79 Å². The Balaban J connectivity index is 1.47. The van der Waals surface area contributed by atoms with Gasteiger partial charge in [-0.2, -0.15) is 26.3 Å². The van der Waals surface area contributed by atoms with Gasteiger partial charge in [0.1, 0.15) is 11.4 Å². The molecule has 2 aromatic carbocycles. The second-order valence-electron chi connectivity index (χ2n) is 7.30. The molecular formula is C21H14F7N3O2. The molecule has 2 heterocycles. The van der Waals surface area contributed by atoms with Crippen LogP contribution in [-0.2, 0) is 25.3 Å². The van der Waals surface area contributed by atoms with Gasteiger partial charge >= 0.3 is 12.4 Å². The van der Waals surface area contributed by atoms with E-state index in [-0.39, 0.29) is 30.3 Å². The number of carbonyl (C=O) groups excluding carboxylic acids is 1. The molecule has 0 saturated carbocycles. The first-order valence-electron chi connectivity index (χ1n) is 9.49. The molecule has 1 aliphatic heterocycles. The topological polar surface area (TPSA) is 58.2 Å². The van der Waals surface area contributed by atoms with E-state index in [1.807, 2.05) is 4.98 Å². The number of fused-ring (bicyclic) bond motifs is 1. The molecule has 1 amide bonds. The summed E-state index contributed by atoms with van der Waals surface area (Å²) in [6.07, 6.45) is -8.21. The summed E-state index contributed by atoms with van der Waals surface area (Å²) in [7, 11) is 0. The molecule has 33 heavy (non-hydrogen) atoms. The number of amides is 1. The molecule has 4 rings (SSSR count). The van der Waals surface area contributed by atoms with Gasteiger partial charge in [0, 0.05) is 13.1 Å². The average Bonchev–Trinajstić information content (AvgIpc) is 3.24. The Morgan fingerprint density at radius 2 is 1.76 bits per heavy atom. The quantitative estimate of drug-likeness (QED) is 0.506. The second kappa shape index (κ2) is 8.09. The molecule has 0 atom stereocenters. The fourth-order valence-corrected chi connectivity index (χ4v) is 3.40. The first-order valence-corrected chi connectivity index (χ1v) is 9.49. The van der Waals surface area contributed by atoms with E-state index in [2.05, 4.69) is 4.98 Å². The van der Waals surface area contributed by atoms with Gasteiger partial charge in [-0.15, -0.1) is 0 Å². The van der Waals surface area contributed by atoms with Gasteiger partial charge in [0.2, 0.25) is 5.82 Å². The first-order chi connectivity index (χ1) is 15.4. The van der Waals surface area contributed by atoms with Crippen LogP contribution in [0.1, 0.15) is 33.0 Å². The third-order valence-electron chi connectivity index (χ3n) is 5.04. The third-order valence-corrected chi connectivity index (χ3v) is 5.04. The lowest BCUT2D eigenvalue weighted by atomic mass is 9.99. The van der Waals surface area contributed by atoms with Crippen LogP contribution in [0.15, 0.2) is 42.6 Å². The number of H-pyrrole nitrogens is 1. The maximum absolute atomic E-state index is 14.0. The van der Waals surface area contributed by atoms with Crippen LogP contribution >= 0.6 is 0 Å². The maximum Gasteiger partial charge on any atom is 0.449 e. The summed E-state index contributed by atoms with van der Waals surface area (Å²) in [5, 5.41) is 0. The van der Waals surface area contributed by atoms with Crippen molar-refractivity contribution in [3.05, 3.63) is 76.6 Å². The summed E-state index contributed by atoms with van der Waals surface area (Å²) in [4.78, 5) is 19.1. The van der Waals surface area contributed by atoms with Gasteiger partial charge in [0.05, 0.1) is 11.8 Å². The highest BCUT2D eigenvalue weighted by molar-refractivity contribution is 5.92. The number of aromatic nitrogens is 2. The Morgan fingerprint density at radius 3 is 2.39 bits per heavy atom. The zero-order chi connectivity index (χ0) is 24.0. The van der Waals surface area contributed by atoms with Gasteiger partial charge in [-0.25, -0.2) is 9.37 Å². The van der Waals surface area contributed by atoms with Crippen molar-refractivity contribution < 1.29 is 40.3 Å². The Labute approximate surface area is 181 Å². The summed E-state index contributed by atoms with van der Waals surface area (Å²) in [6.45, 7) is 0.313. The Hall–Kier alpha value is -3.57. The summed E-state index contributed by atoms with van der Waals surface area (Å²) >= 11 is 0. The fourth-order valence-electron chi connectivity index (χ4n) is 3.40. The van der Waals surface area contributed by atoms with Crippen molar-refractivity contribution in [2.75, 3.05) is 6.54 Å². The summed E-state index contributed by atoms with van der Waals surface area (Å²) in [5.74, 6) is -3.26. The average molecular weight is 473 g/mol. The van der Waals surface area contributed by atoms with Crippen molar-refractivity contribution in [3.63, 3.8) is 0 Å². The molecule has 3 aromatic rings. The lowest BCUT2D eigenvalue weighted by Gasteiger charge is -2.28. The predicted molar refractivity (Wildman–Crippen MR) is 100.0 cm³/mol. The van der Waals surface area contributed by atoms with E-state index in [4.69, 9.17) is 4.74 Å². The van der Waals surface area contributed by atoms with Gasteiger partial charge in [-0.05, 0) is 47.9 Å². The fraction of sp³-hybridized carbons (Fsp3) is 0.238. The molecule has 5 nitrogen and oxygen atoms in total. The highest BCUT2D eigenvalue weighted by atomic mass is 19.4. The summed E-state index contributed by atoms with van der Waals surface area (Å²) < 4.78 is 95.5. The van der Waals surface area contributed by atoms with Gasteiger partial charge < -0.3 is 14.6 Å². The molecule has 1 aromatic heterocycles. The van der Waals surface area contributed by atoms with Crippen LogP contribution in [0.5, 0.6) is 11.5 Å². The number of hydrogen-bond acceptors (Lipinski definition) is 3. The molecule has 1 aliphatic rings. The summed E-state index contributed by atoms with van der Waals surface area (Å²) in [5.41, 5.74) is 0.0283. The van der Waals surface area contributed by atoms with Crippen molar-refractivity contribution in [2.45, 2.75) is 25.3 Å². The van der Waals surface area contributed by atoms with Crippen LogP contribution in [0.2, 0.25) is 0 Å². The monoisotopic (exact) mass is 473 g/mol. The van der Waals surface area contributed by atoms with Crippen molar-refractivity contribution in [1.29, 1.82) is 0 Å². The molecule has 174 valence electrons. The standard InChI is InChI=1S/C21H14F7N3O2/c22-15-8-13(20(23,24)25)2-4-17(15)33-14-3-1-12-10-31(6-5-11(12)7-14)18(32)16-9-29-19(30-16)21(26,27)28/h1-4,7-9H,5-6,10H2,(H,29,30). The molecule has 12 heteroatoms. The number of benzene rings is 2. The minimum atomic E-state index is -4.70. The number of ether oxygens (including phenoxy) is 1. The number of nitrogens with zero attached hydrogens (tertiary/aromatic N) is 2. The molecule has 0 bridgehead atoms. The molecule has 0 radical (unpaired) electrons. The highest BCUT2D eigenvalue weighted by Gasteiger charge is 2.36.